The molecule has 1 aromatic rings. The standard InChI is InChI=1S/C10H13FN4O3S/c11-7-3-1-5-13-10(7)19(17,18)15-6-2-4-8(15)9(12)14-16/h1,3,5,8,16H,2,4,6H2,(H2,12,14). The van der Waals surface area contributed by atoms with E-state index in [0.717, 1.165) is 10.4 Å². The molecule has 0 radical (unpaired) electrons. The summed E-state index contributed by atoms with van der Waals surface area (Å²) in [5, 5.41) is 10.8. The molecule has 104 valence electrons. The van der Waals surface area contributed by atoms with Crippen LogP contribution in [0.15, 0.2) is 28.5 Å². The lowest BCUT2D eigenvalue weighted by Gasteiger charge is -2.22. The molecule has 1 atom stereocenters. The Hall–Kier alpha value is -1.74. The largest absolute Gasteiger partial charge is 0.409 e. The highest BCUT2D eigenvalue weighted by molar-refractivity contribution is 7.89. The van der Waals surface area contributed by atoms with Crippen LogP contribution in [0.5, 0.6) is 0 Å². The minimum absolute atomic E-state index is 0.180. The molecule has 19 heavy (non-hydrogen) atoms. The second kappa shape index (κ2) is 5.10. The molecule has 9 heteroatoms. The van der Waals surface area contributed by atoms with Crippen LogP contribution in [0.25, 0.3) is 0 Å². The third-order valence-electron chi connectivity index (χ3n) is 2.94. The summed E-state index contributed by atoms with van der Waals surface area (Å²) < 4.78 is 39.2. The molecule has 0 aromatic carbocycles. The zero-order valence-electron chi connectivity index (χ0n) is 9.90. The van der Waals surface area contributed by atoms with Gasteiger partial charge in [0.25, 0.3) is 10.0 Å². The maximum Gasteiger partial charge on any atom is 0.264 e. The summed E-state index contributed by atoms with van der Waals surface area (Å²) in [6, 6.07) is 1.56. The first kappa shape index (κ1) is 13.7. The number of hydrogen-bond donors (Lipinski definition) is 2. The number of oxime groups is 1. The molecular formula is C10H13FN4O3S. The van der Waals surface area contributed by atoms with Crippen LogP contribution >= 0.6 is 0 Å². The average molecular weight is 288 g/mol. The fourth-order valence-electron chi connectivity index (χ4n) is 2.06. The van der Waals surface area contributed by atoms with Crippen molar-refractivity contribution in [1.29, 1.82) is 0 Å². The first-order valence-electron chi connectivity index (χ1n) is 5.58. The molecule has 0 aliphatic carbocycles. The van der Waals surface area contributed by atoms with E-state index in [1.54, 1.807) is 0 Å². The van der Waals surface area contributed by atoms with E-state index in [-0.39, 0.29) is 12.4 Å². The molecule has 1 aliphatic heterocycles. The summed E-state index contributed by atoms with van der Waals surface area (Å²) in [6.45, 7) is 0.180. The molecule has 1 saturated heterocycles. The van der Waals surface area contributed by atoms with Crippen molar-refractivity contribution in [2.24, 2.45) is 10.9 Å². The molecule has 2 rings (SSSR count). The summed E-state index contributed by atoms with van der Waals surface area (Å²) in [6.07, 6.45) is 2.17. The van der Waals surface area contributed by atoms with Gasteiger partial charge in [-0.05, 0) is 25.0 Å². The lowest BCUT2D eigenvalue weighted by molar-refractivity contribution is 0.311. The highest BCUT2D eigenvalue weighted by atomic mass is 32.2. The highest BCUT2D eigenvalue weighted by Crippen LogP contribution is 2.26. The Morgan fingerprint density at radius 1 is 1.63 bits per heavy atom. The normalized spacial score (nSPS) is 21.7. The Labute approximate surface area is 109 Å². The predicted octanol–water partition coefficient (Wildman–Crippen LogP) is 0.120. The van der Waals surface area contributed by atoms with Crippen molar-refractivity contribution in [3.05, 3.63) is 24.1 Å². The number of pyridine rings is 1. The van der Waals surface area contributed by atoms with Gasteiger partial charge in [0.15, 0.2) is 11.7 Å². The Morgan fingerprint density at radius 2 is 2.37 bits per heavy atom. The topological polar surface area (TPSA) is 109 Å². The fraction of sp³-hybridized carbons (Fsp3) is 0.400. The van der Waals surface area contributed by atoms with Gasteiger partial charge in [0.05, 0.1) is 6.04 Å². The summed E-state index contributed by atoms with van der Waals surface area (Å²) in [5.41, 5.74) is 5.46. The van der Waals surface area contributed by atoms with Gasteiger partial charge in [0, 0.05) is 12.7 Å². The number of sulfonamides is 1. The summed E-state index contributed by atoms with van der Waals surface area (Å²) in [4.78, 5) is 3.57. The van der Waals surface area contributed by atoms with Crippen LogP contribution in [0.3, 0.4) is 0 Å². The Morgan fingerprint density at radius 3 is 3.00 bits per heavy atom. The lowest BCUT2D eigenvalue weighted by atomic mass is 10.2. The number of nitrogens with two attached hydrogens (primary N) is 1. The number of amidine groups is 1. The second-order valence-corrected chi connectivity index (χ2v) is 5.89. The van der Waals surface area contributed by atoms with Crippen LogP contribution in [0.2, 0.25) is 0 Å². The number of rotatable bonds is 3. The SMILES string of the molecule is N/C(=N/O)C1CCCN1S(=O)(=O)c1ncccc1F. The maximum atomic E-state index is 13.6. The number of nitrogens with zero attached hydrogens (tertiary/aromatic N) is 3. The molecule has 3 N–H and O–H groups in total. The predicted molar refractivity (Wildman–Crippen MR) is 64.5 cm³/mol. The first-order valence-corrected chi connectivity index (χ1v) is 7.02. The molecule has 0 spiro atoms. The Kier molecular flexibility index (Phi) is 3.67. The quantitative estimate of drug-likeness (QED) is 0.355. The van der Waals surface area contributed by atoms with Gasteiger partial charge >= 0.3 is 0 Å². The Bertz CT molecular complexity index is 605. The van der Waals surface area contributed by atoms with E-state index >= 15 is 0 Å². The molecule has 0 amide bonds. The van der Waals surface area contributed by atoms with E-state index in [0.29, 0.717) is 12.8 Å². The summed E-state index contributed by atoms with van der Waals surface area (Å²) in [5.74, 6) is -1.13. The molecule has 1 fully saturated rings. The molecule has 1 unspecified atom stereocenters. The van der Waals surface area contributed by atoms with E-state index < -0.39 is 26.9 Å². The van der Waals surface area contributed by atoms with Crippen LogP contribution in [-0.2, 0) is 10.0 Å². The van der Waals surface area contributed by atoms with E-state index in [2.05, 4.69) is 10.1 Å². The third kappa shape index (κ3) is 2.38. The van der Waals surface area contributed by atoms with Gasteiger partial charge in [-0.2, -0.15) is 4.31 Å². The minimum atomic E-state index is -4.10. The molecule has 0 saturated carbocycles. The highest BCUT2D eigenvalue weighted by Gasteiger charge is 2.39. The van der Waals surface area contributed by atoms with Crippen molar-refractivity contribution >= 4 is 15.9 Å². The van der Waals surface area contributed by atoms with Gasteiger partial charge in [0.1, 0.15) is 0 Å². The van der Waals surface area contributed by atoms with Gasteiger partial charge in [-0.1, -0.05) is 5.16 Å². The van der Waals surface area contributed by atoms with E-state index in [4.69, 9.17) is 10.9 Å². The maximum absolute atomic E-state index is 13.6. The van der Waals surface area contributed by atoms with Crippen molar-refractivity contribution in [3.8, 4) is 0 Å². The van der Waals surface area contributed by atoms with Gasteiger partial charge < -0.3 is 10.9 Å². The van der Waals surface area contributed by atoms with Crippen molar-refractivity contribution < 1.29 is 18.0 Å². The third-order valence-corrected chi connectivity index (χ3v) is 4.78. The molecule has 2 heterocycles. The molecule has 1 aromatic heterocycles. The zero-order chi connectivity index (χ0) is 14.0. The fourth-order valence-corrected chi connectivity index (χ4v) is 3.71. The summed E-state index contributed by atoms with van der Waals surface area (Å²) in [7, 11) is -4.10. The van der Waals surface area contributed by atoms with Crippen LogP contribution in [0, 0.1) is 5.82 Å². The smallest absolute Gasteiger partial charge is 0.264 e. The zero-order valence-corrected chi connectivity index (χ0v) is 10.7. The first-order chi connectivity index (χ1) is 8.98. The van der Waals surface area contributed by atoms with Gasteiger partial charge in [-0.3, -0.25) is 0 Å². The monoisotopic (exact) mass is 288 g/mol. The van der Waals surface area contributed by atoms with Gasteiger partial charge in [-0.15, -0.1) is 0 Å². The van der Waals surface area contributed by atoms with Crippen molar-refractivity contribution in [2.45, 2.75) is 23.9 Å². The van der Waals surface area contributed by atoms with Gasteiger partial charge in [0.2, 0.25) is 5.03 Å². The van der Waals surface area contributed by atoms with Crippen molar-refractivity contribution in [1.82, 2.24) is 9.29 Å². The second-order valence-electron chi connectivity index (χ2n) is 4.09. The number of halogens is 1. The van der Waals surface area contributed by atoms with Crippen LogP contribution in [0.1, 0.15) is 12.8 Å². The van der Waals surface area contributed by atoms with Crippen molar-refractivity contribution in [2.75, 3.05) is 6.54 Å². The average Bonchev–Trinajstić information content (AvgIpc) is 2.88. The summed E-state index contributed by atoms with van der Waals surface area (Å²) >= 11 is 0. The van der Waals surface area contributed by atoms with E-state index in [1.165, 1.54) is 12.3 Å². The Balaban J connectivity index is 2.43. The van der Waals surface area contributed by atoms with E-state index in [9.17, 15) is 12.8 Å². The van der Waals surface area contributed by atoms with Crippen LogP contribution in [-0.4, -0.2) is 41.3 Å². The number of aromatic nitrogens is 1. The minimum Gasteiger partial charge on any atom is -0.409 e. The number of hydrogen-bond acceptors (Lipinski definition) is 5. The molecule has 1 aliphatic rings. The molecule has 7 nitrogen and oxygen atoms in total. The molecule has 0 bridgehead atoms. The van der Waals surface area contributed by atoms with Crippen LogP contribution < -0.4 is 5.73 Å². The van der Waals surface area contributed by atoms with Crippen LogP contribution in [0.4, 0.5) is 4.39 Å². The lowest BCUT2D eigenvalue weighted by Crippen LogP contribution is -2.44. The van der Waals surface area contributed by atoms with Crippen molar-refractivity contribution in [3.63, 3.8) is 0 Å². The molecular weight excluding hydrogens is 275 g/mol. The van der Waals surface area contributed by atoms with E-state index in [1.807, 2.05) is 0 Å². The van der Waals surface area contributed by atoms with Gasteiger partial charge in [-0.25, -0.2) is 17.8 Å².